The average molecular weight is 420 g/mol. The number of hydroxylamine groups is 1. The van der Waals surface area contributed by atoms with E-state index in [9.17, 15) is 10.0 Å². The van der Waals surface area contributed by atoms with Crippen molar-refractivity contribution in [1.29, 1.82) is 0 Å². The summed E-state index contributed by atoms with van der Waals surface area (Å²) in [4.78, 5) is 13.5. The second-order valence-electron chi connectivity index (χ2n) is 7.40. The van der Waals surface area contributed by atoms with Gasteiger partial charge in [0.1, 0.15) is 11.5 Å². The number of carbonyl (C=O) groups is 1. The van der Waals surface area contributed by atoms with Gasteiger partial charge in [0.15, 0.2) is 0 Å². The van der Waals surface area contributed by atoms with E-state index < -0.39 is 5.41 Å². The normalized spacial score (nSPS) is 26.1. The lowest BCUT2D eigenvalue weighted by atomic mass is 9.78. The molecule has 0 unspecified atom stereocenters. The second kappa shape index (κ2) is 8.33. The third-order valence-electron chi connectivity index (χ3n) is 5.40. The Morgan fingerprint density at radius 2 is 1.68 bits per heavy atom. The maximum atomic E-state index is 12.5. The molecule has 2 aromatic carbocycles. The number of ether oxygens (including phenoxy) is 2. The number of thioether (sulfide) groups is 1. The first-order valence-corrected chi connectivity index (χ1v) is 10.7. The van der Waals surface area contributed by atoms with E-state index in [2.05, 4.69) is 0 Å². The molecule has 0 spiro atoms. The smallest absolute Gasteiger partial charge is 0.250 e. The first kappa shape index (κ1) is 19.6. The van der Waals surface area contributed by atoms with Crippen molar-refractivity contribution >= 4 is 29.3 Å². The number of benzene rings is 2. The van der Waals surface area contributed by atoms with Gasteiger partial charge in [-0.2, -0.15) is 0 Å². The lowest BCUT2D eigenvalue weighted by Gasteiger charge is -2.38. The van der Waals surface area contributed by atoms with Crippen LogP contribution >= 0.6 is 23.4 Å². The molecule has 5 nitrogen and oxygen atoms in total. The van der Waals surface area contributed by atoms with Crippen molar-refractivity contribution < 1.29 is 19.5 Å². The summed E-state index contributed by atoms with van der Waals surface area (Å²) in [5.41, 5.74) is 1.29. The van der Waals surface area contributed by atoms with Crippen molar-refractivity contribution in [2.45, 2.75) is 42.8 Å². The van der Waals surface area contributed by atoms with E-state index in [0.29, 0.717) is 23.6 Å². The molecular weight excluding hydrogens is 398 g/mol. The number of amides is 1. The largest absolute Gasteiger partial charge is 0.457 e. The molecule has 2 fully saturated rings. The highest BCUT2D eigenvalue weighted by molar-refractivity contribution is 7.99. The van der Waals surface area contributed by atoms with Crippen LogP contribution in [0.15, 0.2) is 53.4 Å². The molecule has 2 aliphatic heterocycles. The zero-order chi connectivity index (χ0) is 19.6. The third kappa shape index (κ3) is 4.30. The van der Waals surface area contributed by atoms with Gasteiger partial charge in [-0.15, -0.1) is 11.8 Å². The number of nitrogens with one attached hydrogen (secondary N) is 1. The van der Waals surface area contributed by atoms with E-state index in [4.69, 9.17) is 21.1 Å². The number of fused-ring (bicyclic) bond motifs is 2. The van der Waals surface area contributed by atoms with Gasteiger partial charge in [-0.3, -0.25) is 10.0 Å². The topological polar surface area (TPSA) is 67.8 Å². The summed E-state index contributed by atoms with van der Waals surface area (Å²) in [6.07, 6.45) is 3.53. The predicted molar refractivity (Wildman–Crippen MR) is 108 cm³/mol. The lowest BCUT2D eigenvalue weighted by Crippen LogP contribution is -2.48. The molecule has 7 heteroatoms. The van der Waals surface area contributed by atoms with Gasteiger partial charge in [0.2, 0.25) is 0 Å². The maximum absolute atomic E-state index is 12.5. The fraction of sp³-hybridized carbons (Fsp3) is 0.381. The molecule has 1 amide bonds. The van der Waals surface area contributed by atoms with Crippen molar-refractivity contribution in [2.75, 3.05) is 5.75 Å². The number of hydrogen-bond acceptors (Lipinski definition) is 5. The molecule has 4 rings (SSSR count). The molecule has 3 atom stereocenters. The molecule has 2 heterocycles. The highest BCUT2D eigenvalue weighted by atomic mass is 35.5. The van der Waals surface area contributed by atoms with Gasteiger partial charge < -0.3 is 9.47 Å². The van der Waals surface area contributed by atoms with E-state index in [1.54, 1.807) is 23.9 Å². The van der Waals surface area contributed by atoms with E-state index in [0.717, 1.165) is 29.2 Å². The Morgan fingerprint density at radius 1 is 1.11 bits per heavy atom. The van der Waals surface area contributed by atoms with Gasteiger partial charge in [0.25, 0.3) is 5.91 Å². The molecule has 0 aliphatic carbocycles. The first-order valence-electron chi connectivity index (χ1n) is 9.33. The van der Waals surface area contributed by atoms with Gasteiger partial charge in [0, 0.05) is 15.7 Å². The van der Waals surface area contributed by atoms with Gasteiger partial charge in [-0.25, -0.2) is 5.48 Å². The predicted octanol–water partition coefficient (Wildman–Crippen LogP) is 5.06. The van der Waals surface area contributed by atoms with Gasteiger partial charge in [-0.1, -0.05) is 11.6 Å². The van der Waals surface area contributed by atoms with Crippen molar-refractivity contribution in [3.05, 3.63) is 53.6 Å². The first-order chi connectivity index (χ1) is 13.6. The molecule has 28 heavy (non-hydrogen) atoms. The van der Waals surface area contributed by atoms with Crippen LogP contribution in [-0.2, 0) is 9.53 Å². The van der Waals surface area contributed by atoms with Crippen LogP contribution in [0.4, 0.5) is 0 Å². The molecule has 0 aromatic heterocycles. The quantitative estimate of drug-likeness (QED) is 0.389. The summed E-state index contributed by atoms with van der Waals surface area (Å²) in [5, 5.41) is 9.93. The Hall–Kier alpha value is -1.73. The van der Waals surface area contributed by atoms with Crippen LogP contribution in [0.2, 0.25) is 5.02 Å². The fourth-order valence-corrected chi connectivity index (χ4v) is 5.25. The molecule has 2 bridgehead atoms. The summed E-state index contributed by atoms with van der Waals surface area (Å²) in [7, 11) is 0. The van der Waals surface area contributed by atoms with E-state index >= 15 is 0 Å². The van der Waals surface area contributed by atoms with Crippen LogP contribution in [0.1, 0.15) is 25.7 Å². The summed E-state index contributed by atoms with van der Waals surface area (Å²) in [5.74, 6) is 1.76. The minimum Gasteiger partial charge on any atom is -0.457 e. The van der Waals surface area contributed by atoms with Crippen LogP contribution in [0, 0.1) is 5.41 Å². The third-order valence-corrected chi connectivity index (χ3v) is 6.96. The van der Waals surface area contributed by atoms with Crippen LogP contribution in [0.25, 0.3) is 0 Å². The van der Waals surface area contributed by atoms with Crippen molar-refractivity contribution in [3.63, 3.8) is 0 Å². The average Bonchev–Trinajstić information content (AvgIpc) is 3.07. The summed E-state index contributed by atoms with van der Waals surface area (Å²) < 4.78 is 11.7. The standard InChI is InChI=1S/C21H22ClNO4S/c22-14-1-3-15(4-2-14)26-16-7-9-19(10-8-16)28-13-21(20(24)23-25)11-17-5-6-18(12-21)27-17/h1-4,7-10,17-18,25H,5-6,11-13H2,(H,23,24)/t17-,18+,21+. The Labute approximate surface area is 173 Å². The molecule has 2 aromatic rings. The molecule has 148 valence electrons. The zero-order valence-electron chi connectivity index (χ0n) is 15.3. The number of halogens is 1. The second-order valence-corrected chi connectivity index (χ2v) is 8.89. The summed E-state index contributed by atoms with van der Waals surface area (Å²) in [6, 6.07) is 15.0. The van der Waals surface area contributed by atoms with Crippen LogP contribution < -0.4 is 10.2 Å². The monoisotopic (exact) mass is 419 g/mol. The highest BCUT2D eigenvalue weighted by Gasteiger charge is 2.49. The molecule has 2 saturated heterocycles. The maximum Gasteiger partial charge on any atom is 0.250 e. The van der Waals surface area contributed by atoms with E-state index in [1.807, 2.05) is 41.9 Å². The Morgan fingerprint density at radius 3 is 2.25 bits per heavy atom. The highest BCUT2D eigenvalue weighted by Crippen LogP contribution is 2.46. The Kier molecular flexibility index (Phi) is 5.83. The SMILES string of the molecule is O=C(NO)[C@@]1(CSc2ccc(Oc3ccc(Cl)cc3)cc2)C[C@H]2CC[C@@H](C1)O2. The Balaban J connectivity index is 1.40. The minimum atomic E-state index is -0.595. The Bertz CT molecular complexity index is 815. The molecule has 2 aliphatic rings. The summed E-state index contributed by atoms with van der Waals surface area (Å²) in [6.45, 7) is 0. The van der Waals surface area contributed by atoms with E-state index in [-0.39, 0.29) is 18.1 Å². The fourth-order valence-electron chi connectivity index (χ4n) is 3.99. The van der Waals surface area contributed by atoms with Gasteiger partial charge in [-0.05, 0) is 74.2 Å². The van der Waals surface area contributed by atoms with Crippen LogP contribution in [0.5, 0.6) is 11.5 Å². The van der Waals surface area contributed by atoms with Gasteiger partial charge >= 0.3 is 0 Å². The van der Waals surface area contributed by atoms with Crippen molar-refractivity contribution in [2.24, 2.45) is 5.41 Å². The van der Waals surface area contributed by atoms with Crippen molar-refractivity contribution in [1.82, 2.24) is 5.48 Å². The van der Waals surface area contributed by atoms with Crippen LogP contribution in [-0.4, -0.2) is 29.1 Å². The van der Waals surface area contributed by atoms with Gasteiger partial charge in [0.05, 0.1) is 17.6 Å². The zero-order valence-corrected chi connectivity index (χ0v) is 16.8. The molecule has 2 N–H and O–H groups in total. The number of rotatable bonds is 6. The molecule has 0 saturated carbocycles. The lowest BCUT2D eigenvalue weighted by molar-refractivity contribution is -0.148. The molecular formula is C21H22ClNO4S. The van der Waals surface area contributed by atoms with Crippen LogP contribution in [0.3, 0.4) is 0 Å². The van der Waals surface area contributed by atoms with Crippen molar-refractivity contribution in [3.8, 4) is 11.5 Å². The summed E-state index contributed by atoms with van der Waals surface area (Å²) >= 11 is 7.51. The number of hydrogen-bond donors (Lipinski definition) is 2. The molecule has 0 radical (unpaired) electrons. The minimum absolute atomic E-state index is 0.117. The number of carbonyl (C=O) groups excluding carboxylic acids is 1. The van der Waals surface area contributed by atoms with E-state index in [1.165, 1.54) is 0 Å².